The van der Waals surface area contributed by atoms with E-state index in [0.717, 1.165) is 18.4 Å². The predicted octanol–water partition coefficient (Wildman–Crippen LogP) is 1.64. The monoisotopic (exact) mass is 285 g/mol. The van der Waals surface area contributed by atoms with Crippen molar-refractivity contribution in [1.29, 1.82) is 0 Å². The molecule has 1 heterocycles. The van der Waals surface area contributed by atoms with E-state index in [0.29, 0.717) is 5.69 Å². The fourth-order valence-electron chi connectivity index (χ4n) is 2.43. The molecule has 1 amide bonds. The van der Waals surface area contributed by atoms with Crippen molar-refractivity contribution in [2.45, 2.75) is 24.8 Å². The molecule has 1 aliphatic rings. The van der Waals surface area contributed by atoms with Gasteiger partial charge < -0.3 is 10.4 Å². The molecule has 0 radical (unpaired) electrons. The molecule has 0 spiro atoms. The lowest BCUT2D eigenvalue weighted by molar-refractivity contribution is -0.137. The van der Waals surface area contributed by atoms with Crippen molar-refractivity contribution >= 4 is 17.6 Å². The zero-order valence-corrected chi connectivity index (χ0v) is 11.3. The fraction of sp³-hybridized carbons (Fsp3) is 0.267. The quantitative estimate of drug-likeness (QED) is 0.874. The Hall–Kier alpha value is -2.63. The Kier molecular flexibility index (Phi) is 3.21. The molecule has 0 unspecified atom stereocenters. The number of anilines is 1. The van der Waals surface area contributed by atoms with Gasteiger partial charge in [-0.3, -0.25) is 14.3 Å². The highest BCUT2D eigenvalue weighted by molar-refractivity contribution is 6.01. The Morgan fingerprint density at radius 1 is 1.29 bits per heavy atom. The summed E-state index contributed by atoms with van der Waals surface area (Å²) in [6, 6.07) is 9.69. The van der Waals surface area contributed by atoms with E-state index >= 15 is 0 Å². The van der Waals surface area contributed by atoms with Crippen LogP contribution in [0.15, 0.2) is 42.7 Å². The standard InChI is InChI=1S/C15H15N3O3/c19-13(20)10-18-9-12(8-16-18)17-14(21)15(6-7-15)11-4-2-1-3-5-11/h1-5,8-9H,6-7,10H2,(H,17,21)(H,19,20). The van der Waals surface area contributed by atoms with Gasteiger partial charge in [0.2, 0.25) is 5.91 Å². The molecular formula is C15H15N3O3. The van der Waals surface area contributed by atoms with Crippen LogP contribution in [-0.2, 0) is 21.5 Å². The maximum Gasteiger partial charge on any atom is 0.325 e. The predicted molar refractivity (Wildman–Crippen MR) is 75.8 cm³/mol. The van der Waals surface area contributed by atoms with Crippen molar-refractivity contribution < 1.29 is 14.7 Å². The molecule has 1 aromatic carbocycles. The van der Waals surface area contributed by atoms with Crippen LogP contribution in [0.3, 0.4) is 0 Å². The summed E-state index contributed by atoms with van der Waals surface area (Å²) in [5.74, 6) is -1.04. The molecule has 0 bridgehead atoms. The van der Waals surface area contributed by atoms with Crippen molar-refractivity contribution in [2.24, 2.45) is 0 Å². The number of aromatic nitrogens is 2. The van der Waals surface area contributed by atoms with E-state index in [1.807, 2.05) is 30.3 Å². The van der Waals surface area contributed by atoms with Gasteiger partial charge in [-0.25, -0.2) is 0 Å². The minimum atomic E-state index is -0.973. The van der Waals surface area contributed by atoms with Crippen LogP contribution in [0.25, 0.3) is 0 Å². The maximum atomic E-state index is 12.5. The van der Waals surface area contributed by atoms with Gasteiger partial charge in [-0.2, -0.15) is 5.10 Å². The molecular weight excluding hydrogens is 270 g/mol. The van der Waals surface area contributed by atoms with E-state index in [2.05, 4.69) is 10.4 Å². The number of amides is 1. The van der Waals surface area contributed by atoms with Crippen LogP contribution >= 0.6 is 0 Å². The van der Waals surface area contributed by atoms with Gasteiger partial charge >= 0.3 is 5.97 Å². The minimum Gasteiger partial charge on any atom is -0.480 e. The molecule has 0 atom stereocenters. The summed E-state index contributed by atoms with van der Waals surface area (Å²) in [7, 11) is 0. The molecule has 0 aliphatic heterocycles. The number of carbonyl (C=O) groups is 2. The molecule has 6 heteroatoms. The smallest absolute Gasteiger partial charge is 0.325 e. The lowest BCUT2D eigenvalue weighted by atomic mass is 9.95. The number of nitrogens with one attached hydrogen (secondary N) is 1. The normalized spacial score (nSPS) is 15.4. The van der Waals surface area contributed by atoms with Crippen LogP contribution in [0, 0.1) is 0 Å². The second-order valence-electron chi connectivity index (χ2n) is 5.22. The van der Waals surface area contributed by atoms with E-state index in [-0.39, 0.29) is 12.5 Å². The van der Waals surface area contributed by atoms with Crippen molar-refractivity contribution in [3.05, 3.63) is 48.3 Å². The molecule has 0 saturated heterocycles. The molecule has 1 saturated carbocycles. The summed E-state index contributed by atoms with van der Waals surface area (Å²) in [5.41, 5.74) is 1.08. The van der Waals surface area contributed by atoms with Crippen molar-refractivity contribution in [3.63, 3.8) is 0 Å². The van der Waals surface area contributed by atoms with Crippen LogP contribution in [-0.4, -0.2) is 26.8 Å². The van der Waals surface area contributed by atoms with E-state index < -0.39 is 11.4 Å². The number of nitrogens with zero attached hydrogens (tertiary/aromatic N) is 2. The first kappa shape index (κ1) is 13.4. The van der Waals surface area contributed by atoms with E-state index in [4.69, 9.17) is 5.11 Å². The lowest BCUT2D eigenvalue weighted by Gasteiger charge is -2.14. The Balaban J connectivity index is 1.72. The Labute approximate surface area is 121 Å². The van der Waals surface area contributed by atoms with Crippen molar-refractivity contribution in [2.75, 3.05) is 5.32 Å². The molecule has 3 rings (SSSR count). The molecule has 1 fully saturated rings. The lowest BCUT2D eigenvalue weighted by Crippen LogP contribution is -2.27. The number of aliphatic carboxylic acids is 1. The van der Waals surface area contributed by atoms with Crippen LogP contribution < -0.4 is 5.32 Å². The number of hydrogen-bond donors (Lipinski definition) is 2. The van der Waals surface area contributed by atoms with Crippen LogP contribution in [0.4, 0.5) is 5.69 Å². The van der Waals surface area contributed by atoms with Gasteiger partial charge in [-0.15, -0.1) is 0 Å². The molecule has 108 valence electrons. The number of hydrogen-bond acceptors (Lipinski definition) is 3. The molecule has 2 N–H and O–H groups in total. The first-order valence-electron chi connectivity index (χ1n) is 6.71. The van der Waals surface area contributed by atoms with E-state index in [1.54, 1.807) is 0 Å². The third kappa shape index (κ3) is 2.65. The highest BCUT2D eigenvalue weighted by Gasteiger charge is 2.51. The van der Waals surface area contributed by atoms with Crippen LogP contribution in [0.5, 0.6) is 0 Å². The zero-order chi connectivity index (χ0) is 14.9. The molecule has 1 aromatic heterocycles. The third-order valence-electron chi connectivity index (χ3n) is 3.70. The van der Waals surface area contributed by atoms with Gasteiger partial charge in [0.05, 0.1) is 17.3 Å². The van der Waals surface area contributed by atoms with Crippen molar-refractivity contribution in [3.8, 4) is 0 Å². The van der Waals surface area contributed by atoms with Gasteiger partial charge in [0.25, 0.3) is 0 Å². The number of carboxylic acids is 1. The largest absolute Gasteiger partial charge is 0.480 e. The summed E-state index contributed by atoms with van der Waals surface area (Å²) in [6.07, 6.45) is 4.63. The summed E-state index contributed by atoms with van der Waals surface area (Å²) < 4.78 is 1.28. The number of carbonyl (C=O) groups excluding carboxylic acids is 1. The Morgan fingerprint density at radius 3 is 2.62 bits per heavy atom. The van der Waals surface area contributed by atoms with E-state index in [1.165, 1.54) is 17.1 Å². The second-order valence-corrected chi connectivity index (χ2v) is 5.22. The molecule has 6 nitrogen and oxygen atoms in total. The van der Waals surface area contributed by atoms with Crippen LogP contribution in [0.2, 0.25) is 0 Å². The highest BCUT2D eigenvalue weighted by atomic mass is 16.4. The maximum absolute atomic E-state index is 12.5. The van der Waals surface area contributed by atoms with Crippen molar-refractivity contribution in [1.82, 2.24) is 9.78 Å². The SMILES string of the molecule is O=C(O)Cn1cc(NC(=O)C2(c3ccccc3)CC2)cn1. The fourth-order valence-corrected chi connectivity index (χ4v) is 2.43. The van der Waals surface area contributed by atoms with Gasteiger partial charge in [0.15, 0.2) is 0 Å². The zero-order valence-electron chi connectivity index (χ0n) is 11.3. The summed E-state index contributed by atoms with van der Waals surface area (Å²) in [5, 5.41) is 15.4. The topological polar surface area (TPSA) is 84.2 Å². The number of carboxylic acid groups (broad SMARTS) is 1. The Morgan fingerprint density at radius 2 is 2.00 bits per heavy atom. The van der Waals surface area contributed by atoms with Crippen LogP contribution in [0.1, 0.15) is 18.4 Å². The van der Waals surface area contributed by atoms with E-state index in [9.17, 15) is 9.59 Å². The van der Waals surface area contributed by atoms with Gasteiger partial charge in [0, 0.05) is 6.20 Å². The second kappa shape index (κ2) is 5.05. The molecule has 21 heavy (non-hydrogen) atoms. The summed E-state index contributed by atoms with van der Waals surface area (Å²) >= 11 is 0. The first-order chi connectivity index (χ1) is 10.1. The average molecular weight is 285 g/mol. The number of benzene rings is 1. The summed E-state index contributed by atoms with van der Waals surface area (Å²) in [6.45, 7) is -0.223. The number of rotatable bonds is 5. The average Bonchev–Trinajstić information content (AvgIpc) is 3.17. The Bertz CT molecular complexity index is 674. The molecule has 2 aromatic rings. The van der Waals surface area contributed by atoms with Gasteiger partial charge in [-0.05, 0) is 18.4 Å². The van der Waals surface area contributed by atoms with Gasteiger partial charge in [0.1, 0.15) is 6.54 Å². The van der Waals surface area contributed by atoms with Gasteiger partial charge in [-0.1, -0.05) is 30.3 Å². The summed E-state index contributed by atoms with van der Waals surface area (Å²) in [4.78, 5) is 23.1. The first-order valence-corrected chi connectivity index (χ1v) is 6.71. The highest BCUT2D eigenvalue weighted by Crippen LogP contribution is 2.48. The third-order valence-corrected chi connectivity index (χ3v) is 3.70. The molecule has 1 aliphatic carbocycles. The minimum absolute atomic E-state index is 0.0661.